The van der Waals surface area contributed by atoms with Gasteiger partial charge in [0.1, 0.15) is 11.3 Å². The number of para-hydroxylation sites is 1. The predicted molar refractivity (Wildman–Crippen MR) is 103 cm³/mol. The Hall–Kier alpha value is -3.06. The number of hydrogen-bond donors (Lipinski definition) is 1. The minimum Gasteiger partial charge on any atom is -0.494 e. The molecule has 0 saturated carbocycles. The summed E-state index contributed by atoms with van der Waals surface area (Å²) in [5.41, 5.74) is 4.47. The molecule has 130 valence electrons. The van der Waals surface area contributed by atoms with Crippen LogP contribution in [-0.4, -0.2) is 28.0 Å². The summed E-state index contributed by atoms with van der Waals surface area (Å²) in [4.78, 5) is 26.1. The van der Waals surface area contributed by atoms with Gasteiger partial charge in [-0.05, 0) is 44.2 Å². The second-order valence-electron chi connectivity index (χ2n) is 5.88. The average Bonchev–Trinajstić information content (AvgIpc) is 3.04. The fourth-order valence-electron chi connectivity index (χ4n) is 2.68. The van der Waals surface area contributed by atoms with E-state index in [-0.39, 0.29) is 5.91 Å². The zero-order valence-corrected chi connectivity index (χ0v) is 15.3. The monoisotopic (exact) mass is 364 g/mol. The summed E-state index contributed by atoms with van der Waals surface area (Å²) in [6.07, 6.45) is 0. The van der Waals surface area contributed by atoms with Crippen molar-refractivity contribution >= 4 is 43.6 Å². The van der Waals surface area contributed by atoms with Crippen molar-refractivity contribution in [1.82, 2.24) is 15.0 Å². The smallest absolute Gasteiger partial charge is 0.257 e. The molecule has 0 saturated heterocycles. The van der Waals surface area contributed by atoms with Crippen LogP contribution < -0.4 is 10.1 Å². The van der Waals surface area contributed by atoms with E-state index < -0.39 is 0 Å². The number of rotatable bonds is 3. The average molecular weight is 364 g/mol. The van der Waals surface area contributed by atoms with Gasteiger partial charge >= 0.3 is 0 Å². The Kier molecular flexibility index (Phi) is 4.00. The van der Waals surface area contributed by atoms with Crippen LogP contribution in [0.25, 0.3) is 21.3 Å². The summed E-state index contributed by atoms with van der Waals surface area (Å²) >= 11 is 1.41. The second kappa shape index (κ2) is 6.34. The maximum absolute atomic E-state index is 12.6. The van der Waals surface area contributed by atoms with Gasteiger partial charge in [-0.25, -0.2) is 15.0 Å². The molecule has 2 aromatic carbocycles. The molecule has 1 N–H and O–H groups in total. The lowest BCUT2D eigenvalue weighted by Gasteiger charge is -2.05. The molecule has 0 radical (unpaired) electrons. The van der Waals surface area contributed by atoms with Crippen LogP contribution >= 0.6 is 11.3 Å². The second-order valence-corrected chi connectivity index (χ2v) is 6.91. The third-order valence-corrected chi connectivity index (χ3v) is 5.10. The number of carbonyl (C=O) groups is 1. The third kappa shape index (κ3) is 2.86. The Morgan fingerprint density at radius 3 is 2.58 bits per heavy atom. The summed E-state index contributed by atoms with van der Waals surface area (Å²) in [6, 6.07) is 11.0. The number of amides is 1. The van der Waals surface area contributed by atoms with E-state index in [1.807, 2.05) is 38.1 Å². The van der Waals surface area contributed by atoms with Gasteiger partial charge in [-0.3, -0.25) is 10.1 Å². The van der Waals surface area contributed by atoms with Crippen LogP contribution in [0.1, 0.15) is 21.7 Å². The molecule has 0 bridgehead atoms. The standard InChI is InChI=1S/C19H16N4O2S/c1-10-11(2)21-14-9-12(7-8-13(14)20-10)18(24)23-19-22-17-15(25-3)5-4-6-16(17)26-19/h4-9H,1-3H3,(H,22,23,24). The van der Waals surface area contributed by atoms with Gasteiger partial charge in [0.25, 0.3) is 5.91 Å². The first kappa shape index (κ1) is 16.4. The molecule has 0 aliphatic carbocycles. The summed E-state index contributed by atoms with van der Waals surface area (Å²) in [5.74, 6) is 0.455. The van der Waals surface area contributed by atoms with E-state index in [1.165, 1.54) is 11.3 Å². The van der Waals surface area contributed by atoms with E-state index >= 15 is 0 Å². The SMILES string of the molecule is COc1cccc2sc(NC(=O)c3ccc4nc(C)c(C)nc4c3)nc12. The van der Waals surface area contributed by atoms with E-state index in [0.717, 1.165) is 27.1 Å². The maximum atomic E-state index is 12.6. The number of benzene rings is 2. The highest BCUT2D eigenvalue weighted by Gasteiger charge is 2.13. The fourth-order valence-corrected chi connectivity index (χ4v) is 3.56. The van der Waals surface area contributed by atoms with E-state index in [2.05, 4.69) is 20.3 Å². The molecular formula is C19H16N4O2S. The molecule has 2 heterocycles. The number of hydrogen-bond acceptors (Lipinski definition) is 6. The van der Waals surface area contributed by atoms with E-state index in [4.69, 9.17) is 4.74 Å². The molecule has 7 heteroatoms. The third-order valence-electron chi connectivity index (χ3n) is 4.16. The van der Waals surface area contributed by atoms with Gasteiger partial charge in [0.05, 0.1) is 34.2 Å². The Balaban J connectivity index is 1.66. The van der Waals surface area contributed by atoms with Gasteiger partial charge in [0.2, 0.25) is 0 Å². The summed E-state index contributed by atoms with van der Waals surface area (Å²) in [7, 11) is 1.60. The van der Waals surface area contributed by atoms with Crippen molar-refractivity contribution in [3.8, 4) is 5.75 Å². The molecule has 0 aliphatic heterocycles. The number of nitrogens with zero attached hydrogens (tertiary/aromatic N) is 3. The first-order valence-corrected chi connectivity index (χ1v) is 8.86. The lowest BCUT2D eigenvalue weighted by molar-refractivity contribution is 0.102. The molecule has 26 heavy (non-hydrogen) atoms. The molecule has 0 spiro atoms. The normalized spacial score (nSPS) is 11.0. The first-order chi connectivity index (χ1) is 12.5. The van der Waals surface area contributed by atoms with E-state index in [0.29, 0.717) is 22.0 Å². The molecule has 0 fully saturated rings. The number of thiazole rings is 1. The topological polar surface area (TPSA) is 77.0 Å². The zero-order chi connectivity index (χ0) is 18.3. The first-order valence-electron chi connectivity index (χ1n) is 8.05. The van der Waals surface area contributed by atoms with Crippen molar-refractivity contribution in [2.45, 2.75) is 13.8 Å². The number of carbonyl (C=O) groups excluding carboxylic acids is 1. The number of anilines is 1. The number of nitrogens with one attached hydrogen (secondary N) is 1. The molecule has 0 atom stereocenters. The summed E-state index contributed by atoms with van der Waals surface area (Å²) in [5, 5.41) is 3.38. The van der Waals surface area contributed by atoms with Gasteiger partial charge in [-0.1, -0.05) is 17.4 Å². The Morgan fingerprint density at radius 1 is 1.04 bits per heavy atom. The quantitative estimate of drug-likeness (QED) is 0.592. The number of ether oxygens (including phenoxy) is 1. The van der Waals surface area contributed by atoms with Gasteiger partial charge < -0.3 is 4.74 Å². The predicted octanol–water partition coefficient (Wildman–Crippen LogP) is 4.12. The van der Waals surface area contributed by atoms with E-state index in [1.54, 1.807) is 19.2 Å². The lowest BCUT2D eigenvalue weighted by atomic mass is 10.1. The zero-order valence-electron chi connectivity index (χ0n) is 14.5. The Labute approximate surface area is 153 Å². The number of aromatic nitrogens is 3. The van der Waals surface area contributed by atoms with Crippen LogP contribution in [0.2, 0.25) is 0 Å². The van der Waals surface area contributed by atoms with Crippen LogP contribution in [0.15, 0.2) is 36.4 Å². The Morgan fingerprint density at radius 2 is 1.81 bits per heavy atom. The van der Waals surface area contributed by atoms with Crippen molar-refractivity contribution in [2.75, 3.05) is 12.4 Å². The molecule has 2 aromatic heterocycles. The summed E-state index contributed by atoms with van der Waals surface area (Å²) < 4.78 is 6.27. The molecule has 1 amide bonds. The van der Waals surface area contributed by atoms with Crippen LogP contribution in [-0.2, 0) is 0 Å². The molecule has 6 nitrogen and oxygen atoms in total. The van der Waals surface area contributed by atoms with Crippen molar-refractivity contribution in [1.29, 1.82) is 0 Å². The molecule has 0 unspecified atom stereocenters. The maximum Gasteiger partial charge on any atom is 0.257 e. The van der Waals surface area contributed by atoms with Crippen molar-refractivity contribution in [2.24, 2.45) is 0 Å². The van der Waals surface area contributed by atoms with Gasteiger partial charge in [0, 0.05) is 5.56 Å². The fraction of sp³-hybridized carbons (Fsp3) is 0.158. The highest BCUT2D eigenvalue weighted by molar-refractivity contribution is 7.22. The number of aryl methyl sites for hydroxylation is 2. The molecule has 0 aliphatic rings. The van der Waals surface area contributed by atoms with Crippen LogP contribution in [0, 0.1) is 13.8 Å². The van der Waals surface area contributed by atoms with Crippen molar-refractivity contribution < 1.29 is 9.53 Å². The molecule has 4 rings (SSSR count). The highest BCUT2D eigenvalue weighted by atomic mass is 32.1. The minimum absolute atomic E-state index is 0.232. The minimum atomic E-state index is -0.232. The Bertz CT molecular complexity index is 1150. The van der Waals surface area contributed by atoms with Crippen molar-refractivity contribution in [3.05, 3.63) is 53.3 Å². The van der Waals surface area contributed by atoms with Gasteiger partial charge in [-0.2, -0.15) is 0 Å². The highest BCUT2D eigenvalue weighted by Crippen LogP contribution is 2.32. The molecular weight excluding hydrogens is 348 g/mol. The van der Waals surface area contributed by atoms with E-state index in [9.17, 15) is 4.79 Å². The van der Waals surface area contributed by atoms with Gasteiger partial charge in [-0.15, -0.1) is 0 Å². The molecule has 4 aromatic rings. The lowest BCUT2D eigenvalue weighted by Crippen LogP contribution is -2.11. The van der Waals surface area contributed by atoms with Crippen LogP contribution in [0.4, 0.5) is 5.13 Å². The number of fused-ring (bicyclic) bond motifs is 2. The largest absolute Gasteiger partial charge is 0.494 e. The van der Waals surface area contributed by atoms with Crippen molar-refractivity contribution in [3.63, 3.8) is 0 Å². The van der Waals surface area contributed by atoms with Crippen LogP contribution in [0.5, 0.6) is 5.75 Å². The number of methoxy groups -OCH3 is 1. The van der Waals surface area contributed by atoms with Crippen LogP contribution in [0.3, 0.4) is 0 Å². The summed E-state index contributed by atoms with van der Waals surface area (Å²) in [6.45, 7) is 3.83. The van der Waals surface area contributed by atoms with Gasteiger partial charge in [0.15, 0.2) is 5.13 Å².